The predicted molar refractivity (Wildman–Crippen MR) is 106 cm³/mol. The van der Waals surface area contributed by atoms with Crippen LogP contribution in [-0.2, 0) is 27.5 Å². The van der Waals surface area contributed by atoms with E-state index in [-0.39, 0.29) is 48.9 Å². The van der Waals surface area contributed by atoms with Gasteiger partial charge in [0, 0.05) is 24.8 Å². The average molecular weight is 454 g/mol. The Labute approximate surface area is 176 Å². The fourth-order valence-electron chi connectivity index (χ4n) is 3.62. The molecule has 0 radical (unpaired) electrons. The number of hydrogen-bond donors (Lipinski definition) is 1. The first kappa shape index (κ1) is 21.4. The van der Waals surface area contributed by atoms with Crippen molar-refractivity contribution < 1.29 is 31.8 Å². The van der Waals surface area contributed by atoms with Crippen molar-refractivity contribution in [2.75, 3.05) is 29.6 Å². The summed E-state index contributed by atoms with van der Waals surface area (Å²) in [6, 6.07) is 2.08. The summed E-state index contributed by atoms with van der Waals surface area (Å²) in [6.45, 7) is 0.197. The molecule has 1 aromatic carbocycles. The SMILES string of the molecule is O=C1OC(Cn2cc(CCO)nn2)CN1c1cc(F)c(C2=CCS(=O)(=O)CC2)c(F)c1. The number of cyclic esters (lactones) is 1. The van der Waals surface area contributed by atoms with Crippen molar-refractivity contribution >= 4 is 27.2 Å². The third-order valence-electron chi connectivity index (χ3n) is 5.14. The number of nitrogens with zero attached hydrogens (tertiary/aromatic N) is 4. The summed E-state index contributed by atoms with van der Waals surface area (Å²) in [5.41, 5.74) is 0.618. The minimum Gasteiger partial charge on any atom is -0.442 e. The lowest BCUT2D eigenvalue weighted by Gasteiger charge is -2.18. The monoisotopic (exact) mass is 454 g/mol. The van der Waals surface area contributed by atoms with Crippen LogP contribution >= 0.6 is 0 Å². The highest BCUT2D eigenvalue weighted by Crippen LogP contribution is 2.32. The molecule has 2 aromatic rings. The quantitative estimate of drug-likeness (QED) is 0.700. The van der Waals surface area contributed by atoms with E-state index in [0.717, 1.165) is 17.0 Å². The number of aromatic nitrogens is 3. The summed E-state index contributed by atoms with van der Waals surface area (Å²) in [7, 11) is -3.23. The number of aliphatic hydroxyl groups excluding tert-OH is 1. The van der Waals surface area contributed by atoms with Crippen LogP contribution in [0.1, 0.15) is 17.7 Å². The minimum absolute atomic E-state index is 0.00911. The molecule has 0 spiro atoms. The number of carbonyl (C=O) groups is 1. The molecule has 2 aliphatic heterocycles. The van der Waals surface area contributed by atoms with Crippen molar-refractivity contribution in [1.29, 1.82) is 0 Å². The second kappa shape index (κ2) is 8.35. The Hall–Kier alpha value is -2.86. The first-order valence-electron chi connectivity index (χ1n) is 9.62. The lowest BCUT2D eigenvalue weighted by Crippen LogP contribution is -2.26. The third kappa shape index (κ3) is 4.59. The number of anilines is 1. The molecule has 1 atom stereocenters. The number of aliphatic hydroxyl groups is 1. The zero-order valence-electron chi connectivity index (χ0n) is 16.4. The van der Waals surface area contributed by atoms with Crippen molar-refractivity contribution in [3.8, 4) is 0 Å². The van der Waals surface area contributed by atoms with E-state index in [1.165, 1.54) is 10.8 Å². The van der Waals surface area contributed by atoms with Gasteiger partial charge in [0.2, 0.25) is 0 Å². The highest BCUT2D eigenvalue weighted by molar-refractivity contribution is 7.91. The second-order valence-electron chi connectivity index (χ2n) is 7.40. The van der Waals surface area contributed by atoms with Crippen LogP contribution in [0.5, 0.6) is 0 Å². The zero-order valence-corrected chi connectivity index (χ0v) is 17.2. The van der Waals surface area contributed by atoms with Gasteiger partial charge in [0.1, 0.15) is 17.7 Å². The molecule has 0 bridgehead atoms. The maximum atomic E-state index is 14.7. The van der Waals surface area contributed by atoms with Crippen LogP contribution in [0, 0.1) is 11.6 Å². The van der Waals surface area contributed by atoms with Gasteiger partial charge in [-0.25, -0.2) is 26.7 Å². The molecule has 4 rings (SSSR count). The van der Waals surface area contributed by atoms with Crippen LogP contribution in [0.3, 0.4) is 0 Å². The highest BCUT2D eigenvalue weighted by atomic mass is 32.2. The normalized spacial score (nSPS) is 20.6. The number of rotatable bonds is 6. The van der Waals surface area contributed by atoms with Gasteiger partial charge in [0.25, 0.3) is 0 Å². The van der Waals surface area contributed by atoms with E-state index in [0.29, 0.717) is 17.7 Å². The Morgan fingerprint density at radius 3 is 2.65 bits per heavy atom. The number of allylic oxidation sites excluding steroid dienone is 1. The van der Waals surface area contributed by atoms with Crippen LogP contribution in [0.25, 0.3) is 5.57 Å². The van der Waals surface area contributed by atoms with Crippen LogP contribution < -0.4 is 4.90 Å². The molecule has 2 aliphatic rings. The third-order valence-corrected chi connectivity index (χ3v) is 6.65. The van der Waals surface area contributed by atoms with Crippen molar-refractivity contribution in [2.45, 2.75) is 25.5 Å². The summed E-state index contributed by atoms with van der Waals surface area (Å²) in [6.07, 6.45) is 1.98. The first-order valence-corrected chi connectivity index (χ1v) is 11.4. The summed E-state index contributed by atoms with van der Waals surface area (Å²) in [5.74, 6) is -2.17. The van der Waals surface area contributed by atoms with Gasteiger partial charge in [-0.3, -0.25) is 4.90 Å². The van der Waals surface area contributed by atoms with Crippen molar-refractivity contribution in [2.24, 2.45) is 0 Å². The van der Waals surface area contributed by atoms with Crippen molar-refractivity contribution in [3.05, 3.63) is 47.3 Å². The van der Waals surface area contributed by atoms with E-state index >= 15 is 0 Å². The number of carbonyl (C=O) groups excluding carboxylic acids is 1. The maximum absolute atomic E-state index is 14.7. The molecule has 1 fully saturated rings. The molecule has 0 aliphatic carbocycles. The van der Waals surface area contributed by atoms with Crippen molar-refractivity contribution in [3.63, 3.8) is 0 Å². The molecule has 31 heavy (non-hydrogen) atoms. The predicted octanol–water partition coefficient (Wildman–Crippen LogP) is 1.32. The molecule has 1 aromatic heterocycles. The van der Waals surface area contributed by atoms with Crippen LogP contribution in [-0.4, -0.2) is 65.4 Å². The lowest BCUT2D eigenvalue weighted by molar-refractivity contribution is 0.129. The van der Waals surface area contributed by atoms with Gasteiger partial charge in [0.05, 0.1) is 36.0 Å². The molecule has 0 saturated carbocycles. The number of hydrogen-bond acceptors (Lipinski definition) is 7. The topological polar surface area (TPSA) is 115 Å². The number of sulfone groups is 1. The molecule has 9 nitrogen and oxygen atoms in total. The Kier molecular flexibility index (Phi) is 5.75. The largest absolute Gasteiger partial charge is 0.442 e. The van der Waals surface area contributed by atoms with Crippen molar-refractivity contribution in [1.82, 2.24) is 15.0 Å². The van der Waals surface area contributed by atoms with Gasteiger partial charge < -0.3 is 9.84 Å². The smallest absolute Gasteiger partial charge is 0.414 e. The fourth-order valence-corrected chi connectivity index (χ4v) is 4.77. The highest BCUT2D eigenvalue weighted by Gasteiger charge is 2.34. The molecule has 1 saturated heterocycles. The Bertz CT molecular complexity index is 1120. The lowest BCUT2D eigenvalue weighted by atomic mass is 10.0. The summed E-state index contributed by atoms with van der Waals surface area (Å²) >= 11 is 0. The molecular weight excluding hydrogens is 434 g/mol. The fraction of sp³-hybridized carbons (Fsp3) is 0.421. The number of halogens is 2. The molecule has 1 amide bonds. The van der Waals surface area contributed by atoms with E-state index in [2.05, 4.69) is 10.3 Å². The number of amides is 1. The Balaban J connectivity index is 1.50. The number of ether oxygens (including phenoxy) is 1. The Morgan fingerprint density at radius 2 is 2.00 bits per heavy atom. The molecule has 1 unspecified atom stereocenters. The molecule has 12 heteroatoms. The summed E-state index contributed by atoms with van der Waals surface area (Å²) in [5, 5.41) is 16.7. The minimum atomic E-state index is -3.23. The molecule has 166 valence electrons. The Morgan fingerprint density at radius 1 is 1.26 bits per heavy atom. The van der Waals surface area contributed by atoms with Crippen LogP contribution in [0.2, 0.25) is 0 Å². The van der Waals surface area contributed by atoms with Gasteiger partial charge in [-0.1, -0.05) is 11.3 Å². The van der Waals surface area contributed by atoms with E-state index in [4.69, 9.17) is 9.84 Å². The van der Waals surface area contributed by atoms with Crippen LogP contribution in [0.4, 0.5) is 19.3 Å². The number of benzene rings is 1. The molecular formula is C19H20F2N4O5S. The van der Waals surface area contributed by atoms with E-state index < -0.39 is 33.7 Å². The second-order valence-corrected chi connectivity index (χ2v) is 9.63. The van der Waals surface area contributed by atoms with Gasteiger partial charge >= 0.3 is 6.09 Å². The van der Waals surface area contributed by atoms with E-state index in [1.54, 1.807) is 6.20 Å². The van der Waals surface area contributed by atoms with E-state index in [9.17, 15) is 22.0 Å². The summed E-state index contributed by atoms with van der Waals surface area (Å²) in [4.78, 5) is 13.4. The van der Waals surface area contributed by atoms with Gasteiger partial charge in [-0.05, 0) is 24.1 Å². The van der Waals surface area contributed by atoms with Gasteiger partial charge in [-0.2, -0.15) is 0 Å². The first-order chi connectivity index (χ1) is 14.8. The van der Waals surface area contributed by atoms with Crippen LogP contribution in [0.15, 0.2) is 24.4 Å². The molecule has 3 heterocycles. The van der Waals surface area contributed by atoms with E-state index in [1.807, 2.05) is 0 Å². The maximum Gasteiger partial charge on any atom is 0.414 e. The molecule has 1 N–H and O–H groups in total. The summed E-state index contributed by atoms with van der Waals surface area (Å²) < 4.78 is 59.3. The van der Waals surface area contributed by atoms with Gasteiger partial charge in [0.15, 0.2) is 9.84 Å². The zero-order chi connectivity index (χ0) is 22.2. The standard InChI is InChI=1S/C19H20F2N4O5S/c20-16-7-14(8-17(21)18(16)12-2-5-31(28,29)6-3-12)25-11-15(30-19(25)27)10-24-9-13(1-4-26)22-23-24/h2,7-9,15,26H,1,3-6,10-11H2. The average Bonchev–Trinajstić information content (AvgIpc) is 3.29. The van der Waals surface area contributed by atoms with Gasteiger partial charge in [-0.15, -0.1) is 5.10 Å².